The van der Waals surface area contributed by atoms with Crippen molar-refractivity contribution < 1.29 is 35.9 Å². The first-order valence-corrected chi connectivity index (χ1v) is 11.3. The van der Waals surface area contributed by atoms with Crippen LogP contribution in [0, 0.1) is 0 Å². The molecular formula is C27H24F6N2O2. The van der Waals surface area contributed by atoms with Crippen molar-refractivity contribution in [2.75, 3.05) is 13.6 Å². The van der Waals surface area contributed by atoms with E-state index in [1.165, 1.54) is 7.05 Å². The van der Waals surface area contributed by atoms with Gasteiger partial charge in [0.2, 0.25) is 0 Å². The van der Waals surface area contributed by atoms with E-state index in [1.807, 2.05) is 0 Å². The maximum Gasteiger partial charge on any atom is 0.416 e. The Morgan fingerprint density at radius 1 is 0.784 bits per heavy atom. The van der Waals surface area contributed by atoms with Gasteiger partial charge in [0.25, 0.3) is 11.8 Å². The van der Waals surface area contributed by atoms with Crippen LogP contribution in [0.3, 0.4) is 0 Å². The van der Waals surface area contributed by atoms with Gasteiger partial charge in [-0.2, -0.15) is 26.3 Å². The van der Waals surface area contributed by atoms with E-state index in [1.54, 1.807) is 60.7 Å². The summed E-state index contributed by atoms with van der Waals surface area (Å²) >= 11 is 0. The standard InChI is InChI=1S/C27H24F6N2O2/c1-35(25(37)20-15-21(26(28,29)30)17-22(16-20)27(31,32)33)23(14-18-8-4-2-5-9-18)12-13-34-24(36)19-10-6-3-7-11-19/h2-11,15-17,23H,12-14H2,1H3,(H,34,36). The summed E-state index contributed by atoms with van der Waals surface area (Å²) in [6.45, 7) is 0.124. The van der Waals surface area contributed by atoms with Crippen LogP contribution in [0.4, 0.5) is 26.3 Å². The number of benzene rings is 3. The molecule has 0 saturated carbocycles. The normalized spacial score (nSPS) is 12.6. The van der Waals surface area contributed by atoms with Gasteiger partial charge in [0.15, 0.2) is 0 Å². The van der Waals surface area contributed by atoms with Crippen molar-refractivity contribution in [3.63, 3.8) is 0 Å². The zero-order chi connectivity index (χ0) is 27.2. The predicted octanol–water partition coefficient (Wildman–Crippen LogP) is 6.23. The summed E-state index contributed by atoms with van der Waals surface area (Å²) in [5.74, 6) is -1.34. The van der Waals surface area contributed by atoms with E-state index in [0.717, 1.165) is 10.5 Å². The summed E-state index contributed by atoms with van der Waals surface area (Å²) in [5.41, 5.74) is -2.62. The van der Waals surface area contributed by atoms with E-state index in [2.05, 4.69) is 5.32 Å². The van der Waals surface area contributed by atoms with Crippen LogP contribution in [-0.2, 0) is 18.8 Å². The maximum atomic E-state index is 13.3. The van der Waals surface area contributed by atoms with Crippen LogP contribution < -0.4 is 5.32 Å². The number of carbonyl (C=O) groups excluding carboxylic acids is 2. The van der Waals surface area contributed by atoms with Crippen molar-refractivity contribution in [3.8, 4) is 0 Å². The Kier molecular flexibility index (Phi) is 8.62. The third kappa shape index (κ3) is 7.58. The smallest absolute Gasteiger partial charge is 0.352 e. The van der Waals surface area contributed by atoms with Crippen molar-refractivity contribution in [2.24, 2.45) is 0 Å². The average Bonchev–Trinajstić information content (AvgIpc) is 2.87. The molecule has 0 aliphatic heterocycles. The van der Waals surface area contributed by atoms with Gasteiger partial charge in [-0.25, -0.2) is 0 Å². The van der Waals surface area contributed by atoms with Crippen LogP contribution in [-0.4, -0.2) is 36.3 Å². The minimum atomic E-state index is -5.07. The highest BCUT2D eigenvalue weighted by Gasteiger charge is 2.38. The number of amides is 2. The molecule has 4 nitrogen and oxygen atoms in total. The van der Waals surface area contributed by atoms with Gasteiger partial charge in [-0.15, -0.1) is 0 Å². The van der Waals surface area contributed by atoms with Crippen molar-refractivity contribution in [3.05, 3.63) is 107 Å². The second-order valence-corrected chi connectivity index (χ2v) is 8.46. The zero-order valence-corrected chi connectivity index (χ0v) is 19.7. The van der Waals surface area contributed by atoms with Gasteiger partial charge in [-0.3, -0.25) is 9.59 Å². The van der Waals surface area contributed by atoms with Gasteiger partial charge in [0, 0.05) is 30.8 Å². The molecule has 0 radical (unpaired) electrons. The lowest BCUT2D eigenvalue weighted by Gasteiger charge is -2.29. The highest BCUT2D eigenvalue weighted by molar-refractivity contribution is 5.95. The van der Waals surface area contributed by atoms with Crippen LogP contribution in [0.25, 0.3) is 0 Å². The van der Waals surface area contributed by atoms with E-state index in [4.69, 9.17) is 0 Å². The summed E-state index contributed by atoms with van der Waals surface area (Å²) in [4.78, 5) is 26.6. The molecule has 0 aliphatic carbocycles. The van der Waals surface area contributed by atoms with Gasteiger partial charge < -0.3 is 10.2 Å². The van der Waals surface area contributed by atoms with E-state index >= 15 is 0 Å². The van der Waals surface area contributed by atoms with E-state index in [9.17, 15) is 35.9 Å². The molecule has 0 aromatic heterocycles. The molecule has 1 atom stereocenters. The molecule has 2 amide bonds. The van der Waals surface area contributed by atoms with Crippen molar-refractivity contribution >= 4 is 11.8 Å². The molecule has 0 aliphatic rings. The second kappa shape index (κ2) is 11.5. The van der Waals surface area contributed by atoms with Gasteiger partial charge in [0.1, 0.15) is 0 Å². The van der Waals surface area contributed by atoms with E-state index < -0.39 is 41.0 Å². The number of carbonyl (C=O) groups is 2. The quantitative estimate of drug-likeness (QED) is 0.357. The van der Waals surface area contributed by atoms with E-state index in [-0.39, 0.29) is 31.4 Å². The molecule has 1 unspecified atom stereocenters. The van der Waals surface area contributed by atoms with Crippen molar-refractivity contribution in [1.82, 2.24) is 10.2 Å². The fourth-order valence-electron chi connectivity index (χ4n) is 3.81. The molecule has 3 aromatic carbocycles. The Balaban J connectivity index is 1.85. The number of halogens is 6. The number of hydrogen-bond donors (Lipinski definition) is 1. The Morgan fingerprint density at radius 2 is 1.30 bits per heavy atom. The van der Waals surface area contributed by atoms with E-state index in [0.29, 0.717) is 17.7 Å². The number of nitrogens with zero attached hydrogens (tertiary/aromatic N) is 1. The lowest BCUT2D eigenvalue weighted by Crippen LogP contribution is -2.41. The molecule has 0 spiro atoms. The van der Waals surface area contributed by atoms with Crippen molar-refractivity contribution in [1.29, 1.82) is 0 Å². The highest BCUT2D eigenvalue weighted by atomic mass is 19.4. The number of nitrogens with one attached hydrogen (secondary N) is 1. The summed E-state index contributed by atoms with van der Waals surface area (Å²) in [5, 5.41) is 2.73. The van der Waals surface area contributed by atoms with Crippen LogP contribution >= 0.6 is 0 Å². The molecular weight excluding hydrogens is 498 g/mol. The largest absolute Gasteiger partial charge is 0.416 e. The lowest BCUT2D eigenvalue weighted by atomic mass is 9.99. The minimum absolute atomic E-state index is 0.0165. The number of alkyl halides is 6. The van der Waals surface area contributed by atoms with Gasteiger partial charge in [-0.1, -0.05) is 48.5 Å². The first kappa shape index (κ1) is 27.8. The SMILES string of the molecule is CN(C(=O)c1cc(C(F)(F)F)cc(C(F)(F)F)c1)C(CCNC(=O)c1ccccc1)Cc1ccccc1. The van der Waals surface area contributed by atoms with Crippen LogP contribution in [0.15, 0.2) is 78.9 Å². The van der Waals surface area contributed by atoms with Crippen LogP contribution in [0.1, 0.15) is 43.8 Å². The average molecular weight is 522 g/mol. The van der Waals surface area contributed by atoms with Crippen LogP contribution in [0.5, 0.6) is 0 Å². The Hall–Kier alpha value is -3.82. The summed E-state index contributed by atoms with van der Waals surface area (Å²) in [6.07, 6.45) is -9.66. The van der Waals surface area contributed by atoms with Gasteiger partial charge in [0.05, 0.1) is 11.1 Å². The fraction of sp³-hybridized carbons (Fsp3) is 0.259. The molecule has 37 heavy (non-hydrogen) atoms. The molecule has 3 rings (SSSR count). The first-order chi connectivity index (χ1) is 17.4. The molecule has 3 aromatic rings. The Morgan fingerprint density at radius 3 is 1.81 bits per heavy atom. The third-order valence-electron chi connectivity index (χ3n) is 5.82. The molecule has 196 valence electrons. The summed E-state index contributed by atoms with van der Waals surface area (Å²) in [6, 6.07) is 17.5. The van der Waals surface area contributed by atoms with Gasteiger partial charge >= 0.3 is 12.4 Å². The highest BCUT2D eigenvalue weighted by Crippen LogP contribution is 2.36. The van der Waals surface area contributed by atoms with Gasteiger partial charge in [-0.05, 0) is 48.7 Å². The monoisotopic (exact) mass is 522 g/mol. The first-order valence-electron chi connectivity index (χ1n) is 11.3. The molecule has 0 fully saturated rings. The molecule has 0 heterocycles. The minimum Gasteiger partial charge on any atom is -0.352 e. The number of hydrogen-bond acceptors (Lipinski definition) is 2. The topological polar surface area (TPSA) is 49.4 Å². The fourth-order valence-corrected chi connectivity index (χ4v) is 3.81. The molecule has 0 bridgehead atoms. The Labute approximate surface area is 209 Å². The predicted molar refractivity (Wildman–Crippen MR) is 126 cm³/mol. The third-order valence-corrected chi connectivity index (χ3v) is 5.82. The summed E-state index contributed by atoms with van der Waals surface area (Å²) < 4.78 is 79.8. The maximum absolute atomic E-state index is 13.3. The lowest BCUT2D eigenvalue weighted by molar-refractivity contribution is -0.143. The van der Waals surface area contributed by atoms with Crippen molar-refractivity contribution in [2.45, 2.75) is 31.2 Å². The Bertz CT molecular complexity index is 1180. The summed E-state index contributed by atoms with van der Waals surface area (Å²) in [7, 11) is 1.32. The molecule has 10 heteroatoms. The number of likely N-dealkylation sites (N-methyl/N-ethyl adjacent to an activating group) is 1. The number of rotatable bonds is 8. The zero-order valence-electron chi connectivity index (χ0n) is 19.7. The molecule has 0 saturated heterocycles. The molecule has 1 N–H and O–H groups in total. The van der Waals surface area contributed by atoms with Crippen LogP contribution in [0.2, 0.25) is 0 Å². The second-order valence-electron chi connectivity index (χ2n) is 8.46.